The van der Waals surface area contributed by atoms with Gasteiger partial charge in [0.1, 0.15) is 0 Å². The van der Waals surface area contributed by atoms with E-state index < -0.39 is 0 Å². The smallest absolute Gasteiger partial charge is 0.0190 e. The summed E-state index contributed by atoms with van der Waals surface area (Å²) in [4.78, 5) is 0. The summed E-state index contributed by atoms with van der Waals surface area (Å²) in [6.07, 6.45) is 0. The molecule has 0 saturated heterocycles. The number of rotatable bonds is 0. The van der Waals surface area contributed by atoms with Gasteiger partial charge < -0.3 is 11.5 Å². The summed E-state index contributed by atoms with van der Waals surface area (Å²) >= 11 is 0. The number of nitrogens with one attached hydrogen (secondary N) is 1. The molecule has 1 aromatic carbocycles. The molecule has 0 aromatic heterocycles. The van der Waals surface area contributed by atoms with Gasteiger partial charge in [-0.3, -0.25) is 0 Å². The van der Waals surface area contributed by atoms with Gasteiger partial charge >= 0.3 is 0 Å². The largest absolute Gasteiger partial charge is 0.697 e. The van der Waals surface area contributed by atoms with Crippen molar-refractivity contribution < 1.29 is 19.5 Å². The zero-order valence-electron chi connectivity index (χ0n) is 5.64. The van der Waals surface area contributed by atoms with Crippen molar-refractivity contribution in [3.8, 4) is 0 Å². The minimum atomic E-state index is 0. The first-order valence-corrected chi connectivity index (χ1v) is 2.78. The second-order valence-corrected chi connectivity index (χ2v) is 2.04. The van der Waals surface area contributed by atoms with Gasteiger partial charge in [-0.1, -0.05) is 18.2 Å². The molecule has 0 unspecified atom stereocenters. The van der Waals surface area contributed by atoms with Crippen LogP contribution in [0, 0.1) is 6.92 Å². The molecule has 3 heteroatoms. The molecule has 2 nitrogen and oxygen atoms in total. The first kappa shape index (κ1) is 9.44. The van der Waals surface area contributed by atoms with E-state index in [1.54, 1.807) is 6.07 Å². The van der Waals surface area contributed by atoms with Crippen molar-refractivity contribution in [3.63, 3.8) is 0 Å². The maximum Gasteiger partial charge on any atom is 0.0190 e. The van der Waals surface area contributed by atoms with Crippen LogP contribution in [0.2, 0.25) is 0 Å². The molecule has 57 valence electrons. The predicted molar refractivity (Wildman–Crippen MR) is 39.6 cm³/mol. The van der Waals surface area contributed by atoms with Crippen LogP contribution in [0.15, 0.2) is 18.2 Å². The Kier molecular flexibility index (Phi) is 3.37. The molecule has 0 amide bonds. The van der Waals surface area contributed by atoms with Crippen LogP contribution in [0.5, 0.6) is 0 Å². The van der Waals surface area contributed by atoms with Gasteiger partial charge in [-0.2, -0.15) is 0 Å². The molecular formula is C7H9N2Rh-. The van der Waals surface area contributed by atoms with E-state index in [0.29, 0.717) is 11.4 Å². The third kappa shape index (κ3) is 1.71. The van der Waals surface area contributed by atoms with E-state index in [9.17, 15) is 0 Å². The fraction of sp³-hybridized carbons (Fsp3) is 0.143. The van der Waals surface area contributed by atoms with Crippen LogP contribution in [0.3, 0.4) is 0 Å². The molecule has 0 aliphatic carbocycles. The van der Waals surface area contributed by atoms with Crippen molar-refractivity contribution >= 4 is 11.4 Å². The van der Waals surface area contributed by atoms with E-state index in [2.05, 4.69) is 0 Å². The maximum atomic E-state index is 7.24. The summed E-state index contributed by atoms with van der Waals surface area (Å²) in [5.41, 5.74) is 14.7. The van der Waals surface area contributed by atoms with Gasteiger partial charge in [0.25, 0.3) is 0 Å². The van der Waals surface area contributed by atoms with Crippen LogP contribution >= 0.6 is 0 Å². The quantitative estimate of drug-likeness (QED) is 0.533. The summed E-state index contributed by atoms with van der Waals surface area (Å²) in [7, 11) is 0. The van der Waals surface area contributed by atoms with Gasteiger partial charge in [0.2, 0.25) is 0 Å². The van der Waals surface area contributed by atoms with Crippen molar-refractivity contribution in [1.82, 2.24) is 0 Å². The maximum absolute atomic E-state index is 7.24. The van der Waals surface area contributed by atoms with E-state index >= 15 is 0 Å². The number of nitrogens with two attached hydrogens (primary N) is 1. The van der Waals surface area contributed by atoms with Gasteiger partial charge in [0, 0.05) is 25.2 Å². The zero-order valence-corrected chi connectivity index (χ0v) is 7.28. The Labute approximate surface area is 73.4 Å². The molecule has 1 radical (unpaired) electrons. The van der Waals surface area contributed by atoms with Crippen molar-refractivity contribution in [2.24, 2.45) is 0 Å². The topological polar surface area (TPSA) is 49.8 Å². The van der Waals surface area contributed by atoms with Crippen molar-refractivity contribution in [1.29, 1.82) is 0 Å². The van der Waals surface area contributed by atoms with Gasteiger partial charge in [-0.25, -0.2) is 0 Å². The fourth-order valence-electron chi connectivity index (χ4n) is 0.681. The van der Waals surface area contributed by atoms with E-state index in [4.69, 9.17) is 11.5 Å². The predicted octanol–water partition coefficient (Wildman–Crippen LogP) is 2.26. The summed E-state index contributed by atoms with van der Waals surface area (Å²) < 4.78 is 0. The number of benzene rings is 1. The number of aryl methyl sites for hydroxylation is 1. The van der Waals surface area contributed by atoms with Crippen molar-refractivity contribution in [2.45, 2.75) is 6.92 Å². The van der Waals surface area contributed by atoms with E-state index in [0.717, 1.165) is 5.56 Å². The second-order valence-electron chi connectivity index (χ2n) is 2.04. The van der Waals surface area contributed by atoms with Gasteiger partial charge in [0.15, 0.2) is 0 Å². The van der Waals surface area contributed by atoms with Gasteiger partial charge in [0.05, 0.1) is 0 Å². The molecule has 10 heavy (non-hydrogen) atoms. The molecule has 3 N–H and O–H groups in total. The average Bonchev–Trinajstić information content (AvgIpc) is 1.83. The van der Waals surface area contributed by atoms with Crippen LogP contribution in [0.4, 0.5) is 11.4 Å². The number of para-hydroxylation sites is 1. The number of hydrogen-bond acceptors (Lipinski definition) is 1. The third-order valence-electron chi connectivity index (χ3n) is 1.32. The second kappa shape index (κ2) is 3.57. The monoisotopic (exact) mass is 224 g/mol. The van der Waals surface area contributed by atoms with Gasteiger partial charge in [-0.05, 0) is 12.5 Å². The average molecular weight is 224 g/mol. The Morgan fingerprint density at radius 1 is 1.40 bits per heavy atom. The Morgan fingerprint density at radius 2 is 2.00 bits per heavy atom. The first-order chi connectivity index (χ1) is 4.22. The normalized spacial score (nSPS) is 8.50. The molecule has 0 fully saturated rings. The summed E-state index contributed by atoms with van der Waals surface area (Å²) in [6, 6.07) is 5.41. The third-order valence-corrected chi connectivity index (χ3v) is 1.32. The van der Waals surface area contributed by atoms with Crippen molar-refractivity contribution in [2.75, 3.05) is 5.73 Å². The summed E-state index contributed by atoms with van der Waals surface area (Å²) in [5, 5.41) is 0. The fourth-order valence-corrected chi connectivity index (χ4v) is 0.681. The van der Waals surface area contributed by atoms with Crippen LogP contribution in [-0.2, 0) is 19.5 Å². The van der Waals surface area contributed by atoms with E-state index in [1.807, 2.05) is 19.1 Å². The molecular weight excluding hydrogens is 215 g/mol. The number of anilines is 1. The van der Waals surface area contributed by atoms with Crippen LogP contribution in [0.25, 0.3) is 5.73 Å². The molecule has 0 aliphatic heterocycles. The van der Waals surface area contributed by atoms with E-state index in [1.165, 1.54) is 0 Å². The molecule has 0 heterocycles. The standard InChI is InChI=1S/C7H9N2.Rh/c1-5-3-2-4-6(8)7(5)9;/h2-4,8H,9H2,1H3;/q-1;. The minimum absolute atomic E-state index is 0. The van der Waals surface area contributed by atoms with Gasteiger partial charge in [-0.15, -0.1) is 5.69 Å². The Morgan fingerprint density at radius 3 is 2.40 bits per heavy atom. The Balaban J connectivity index is 0.000000810. The molecule has 0 aliphatic rings. The summed E-state index contributed by atoms with van der Waals surface area (Å²) in [6.45, 7) is 1.90. The molecule has 0 atom stereocenters. The molecule has 1 rings (SSSR count). The minimum Gasteiger partial charge on any atom is -0.697 e. The van der Waals surface area contributed by atoms with E-state index in [-0.39, 0.29) is 19.5 Å². The molecule has 0 spiro atoms. The summed E-state index contributed by atoms with van der Waals surface area (Å²) in [5.74, 6) is 0. The Bertz CT molecular complexity index is 203. The SMILES string of the molecule is Cc1cccc([NH-])c1N.[Rh]. The molecule has 0 bridgehead atoms. The molecule has 1 aromatic rings. The first-order valence-electron chi connectivity index (χ1n) is 2.78. The van der Waals surface area contributed by atoms with Crippen molar-refractivity contribution in [3.05, 3.63) is 29.5 Å². The van der Waals surface area contributed by atoms with Crippen LogP contribution < -0.4 is 5.73 Å². The number of hydrogen-bond donors (Lipinski definition) is 1. The zero-order chi connectivity index (χ0) is 6.85. The number of nitrogen functional groups attached to an aromatic ring is 1. The van der Waals surface area contributed by atoms with Crippen LogP contribution in [0.1, 0.15) is 5.56 Å². The Hall–Kier alpha value is -0.557. The molecule has 0 saturated carbocycles. The van der Waals surface area contributed by atoms with Crippen LogP contribution in [-0.4, -0.2) is 0 Å².